The molecule has 0 unspecified atom stereocenters. The van der Waals surface area contributed by atoms with E-state index in [0.717, 1.165) is 34.1 Å². The molecule has 0 aliphatic rings. The van der Waals surface area contributed by atoms with Crippen molar-refractivity contribution in [2.75, 3.05) is 0 Å². The summed E-state index contributed by atoms with van der Waals surface area (Å²) in [6, 6.07) is 7.82. The molecule has 0 radical (unpaired) electrons. The molecule has 0 aliphatic carbocycles. The van der Waals surface area contributed by atoms with Crippen molar-refractivity contribution in [3.05, 3.63) is 58.1 Å². The van der Waals surface area contributed by atoms with Gasteiger partial charge in [-0.3, -0.25) is 9.97 Å². The number of halogens is 1. The van der Waals surface area contributed by atoms with Crippen LogP contribution in [0.2, 0.25) is 5.02 Å². The molecule has 0 fully saturated rings. The van der Waals surface area contributed by atoms with Crippen LogP contribution in [0.3, 0.4) is 0 Å². The first-order valence-electron chi connectivity index (χ1n) is 5.19. The molecule has 0 aliphatic heterocycles. The van der Waals surface area contributed by atoms with Gasteiger partial charge in [-0.15, -0.1) is 0 Å². The van der Waals surface area contributed by atoms with Crippen molar-refractivity contribution in [2.24, 2.45) is 0 Å². The first-order valence-corrected chi connectivity index (χ1v) is 5.57. The summed E-state index contributed by atoms with van der Waals surface area (Å²) >= 11 is 6.10. The van der Waals surface area contributed by atoms with Gasteiger partial charge in [0, 0.05) is 17.6 Å². The second-order valence-corrected chi connectivity index (χ2v) is 4.21. The fourth-order valence-corrected chi connectivity index (χ4v) is 1.71. The van der Waals surface area contributed by atoms with Gasteiger partial charge in [-0.2, -0.15) is 0 Å². The molecule has 2 nitrogen and oxygen atoms in total. The summed E-state index contributed by atoms with van der Waals surface area (Å²) in [5, 5.41) is 0.780. The van der Waals surface area contributed by atoms with Gasteiger partial charge in [0.15, 0.2) is 0 Å². The fraction of sp³-hybridized carbons (Fsp3) is 0.231. The van der Waals surface area contributed by atoms with E-state index in [4.69, 9.17) is 11.6 Å². The fourth-order valence-electron chi connectivity index (χ4n) is 1.51. The summed E-state index contributed by atoms with van der Waals surface area (Å²) in [6.45, 7) is 3.93. The summed E-state index contributed by atoms with van der Waals surface area (Å²) in [5.41, 5.74) is 3.99. The second kappa shape index (κ2) is 4.62. The van der Waals surface area contributed by atoms with Crippen molar-refractivity contribution in [1.82, 2.24) is 9.97 Å². The standard InChI is InChI=1S/C13H13ClN2/c1-9-10(2)16-12(8-15-9)7-11-5-3-4-6-13(11)14/h3-6,8H,7H2,1-2H3. The normalized spacial score (nSPS) is 10.4. The molecule has 16 heavy (non-hydrogen) atoms. The Kier molecular flexibility index (Phi) is 3.20. The number of aryl methyl sites for hydroxylation is 2. The Morgan fingerprint density at radius 3 is 2.56 bits per heavy atom. The first kappa shape index (κ1) is 11.1. The molecule has 2 rings (SSSR count). The van der Waals surface area contributed by atoms with Crippen molar-refractivity contribution in [1.29, 1.82) is 0 Å². The maximum atomic E-state index is 6.10. The van der Waals surface area contributed by atoms with Crippen LogP contribution in [0.4, 0.5) is 0 Å². The van der Waals surface area contributed by atoms with E-state index >= 15 is 0 Å². The van der Waals surface area contributed by atoms with Crippen LogP contribution < -0.4 is 0 Å². The van der Waals surface area contributed by atoms with Crippen LogP contribution in [0.15, 0.2) is 30.5 Å². The van der Waals surface area contributed by atoms with Crippen molar-refractivity contribution in [3.8, 4) is 0 Å². The van der Waals surface area contributed by atoms with Gasteiger partial charge in [0.2, 0.25) is 0 Å². The monoisotopic (exact) mass is 232 g/mol. The van der Waals surface area contributed by atoms with Gasteiger partial charge >= 0.3 is 0 Å². The number of nitrogens with zero attached hydrogens (tertiary/aromatic N) is 2. The highest BCUT2D eigenvalue weighted by Crippen LogP contribution is 2.18. The molecule has 0 spiro atoms. The van der Waals surface area contributed by atoms with Gasteiger partial charge < -0.3 is 0 Å². The molecule has 0 atom stereocenters. The number of rotatable bonds is 2. The largest absolute Gasteiger partial charge is 0.258 e. The zero-order valence-corrected chi connectivity index (χ0v) is 10.1. The zero-order chi connectivity index (χ0) is 11.5. The van der Waals surface area contributed by atoms with E-state index in [1.54, 1.807) is 0 Å². The van der Waals surface area contributed by atoms with Crippen molar-refractivity contribution >= 4 is 11.6 Å². The highest BCUT2D eigenvalue weighted by molar-refractivity contribution is 6.31. The Hall–Kier alpha value is -1.41. The van der Waals surface area contributed by atoms with Crippen LogP contribution in [0.5, 0.6) is 0 Å². The van der Waals surface area contributed by atoms with Gasteiger partial charge in [0.05, 0.1) is 17.1 Å². The minimum Gasteiger partial charge on any atom is -0.258 e. The number of benzene rings is 1. The van der Waals surface area contributed by atoms with Gasteiger partial charge in [0.1, 0.15) is 0 Å². The lowest BCUT2D eigenvalue weighted by Crippen LogP contribution is -1.99. The molecular formula is C13H13ClN2. The average Bonchev–Trinajstić information content (AvgIpc) is 2.27. The van der Waals surface area contributed by atoms with Crippen molar-refractivity contribution in [2.45, 2.75) is 20.3 Å². The van der Waals surface area contributed by atoms with Gasteiger partial charge in [-0.1, -0.05) is 29.8 Å². The summed E-state index contributed by atoms with van der Waals surface area (Å²) in [7, 11) is 0. The predicted octanol–water partition coefficient (Wildman–Crippen LogP) is 3.34. The lowest BCUT2D eigenvalue weighted by atomic mass is 10.1. The molecule has 2 aromatic rings. The lowest BCUT2D eigenvalue weighted by molar-refractivity contribution is 0.959. The Balaban J connectivity index is 2.28. The Labute approximate surface area is 100 Å². The topological polar surface area (TPSA) is 25.8 Å². The first-order chi connectivity index (χ1) is 7.66. The third kappa shape index (κ3) is 2.39. The molecule has 82 valence electrons. The van der Waals surface area contributed by atoms with E-state index < -0.39 is 0 Å². The van der Waals surface area contributed by atoms with E-state index in [9.17, 15) is 0 Å². The highest BCUT2D eigenvalue weighted by Gasteiger charge is 2.03. The molecule has 0 saturated heterocycles. The molecule has 0 saturated carbocycles. The van der Waals surface area contributed by atoms with Gasteiger partial charge in [-0.05, 0) is 25.5 Å². The van der Waals surface area contributed by atoms with Crippen molar-refractivity contribution < 1.29 is 0 Å². The maximum Gasteiger partial charge on any atom is 0.0634 e. The van der Waals surface area contributed by atoms with Crippen LogP contribution in [-0.4, -0.2) is 9.97 Å². The molecule has 0 bridgehead atoms. The minimum absolute atomic E-state index is 0.730. The molecule has 1 aromatic heterocycles. The van der Waals surface area contributed by atoms with Crippen LogP contribution in [0.1, 0.15) is 22.6 Å². The molecule has 3 heteroatoms. The molecule has 1 heterocycles. The van der Waals surface area contributed by atoms with Gasteiger partial charge in [0.25, 0.3) is 0 Å². The van der Waals surface area contributed by atoms with Crippen LogP contribution in [0, 0.1) is 13.8 Å². The van der Waals surface area contributed by atoms with E-state index in [1.807, 2.05) is 44.3 Å². The molecule has 1 aromatic carbocycles. The maximum absolute atomic E-state index is 6.10. The summed E-state index contributed by atoms with van der Waals surface area (Å²) < 4.78 is 0. The number of hydrogen-bond acceptors (Lipinski definition) is 2. The Bertz CT molecular complexity index is 509. The van der Waals surface area contributed by atoms with Gasteiger partial charge in [-0.25, -0.2) is 0 Å². The van der Waals surface area contributed by atoms with Crippen LogP contribution in [0.25, 0.3) is 0 Å². The summed E-state index contributed by atoms with van der Waals surface area (Å²) in [5.74, 6) is 0. The number of hydrogen-bond donors (Lipinski definition) is 0. The Morgan fingerprint density at radius 1 is 1.12 bits per heavy atom. The zero-order valence-electron chi connectivity index (χ0n) is 9.37. The highest BCUT2D eigenvalue weighted by atomic mass is 35.5. The third-order valence-electron chi connectivity index (χ3n) is 2.57. The molecule has 0 N–H and O–H groups in total. The summed E-state index contributed by atoms with van der Waals surface area (Å²) in [4.78, 5) is 8.79. The van der Waals surface area contributed by atoms with E-state index in [2.05, 4.69) is 9.97 Å². The van der Waals surface area contributed by atoms with Crippen LogP contribution >= 0.6 is 11.6 Å². The van der Waals surface area contributed by atoms with Crippen LogP contribution in [-0.2, 0) is 6.42 Å². The predicted molar refractivity (Wildman–Crippen MR) is 65.8 cm³/mol. The van der Waals surface area contributed by atoms with E-state index in [-0.39, 0.29) is 0 Å². The van der Waals surface area contributed by atoms with Crippen molar-refractivity contribution in [3.63, 3.8) is 0 Å². The average molecular weight is 233 g/mol. The smallest absolute Gasteiger partial charge is 0.0634 e. The second-order valence-electron chi connectivity index (χ2n) is 3.80. The SMILES string of the molecule is Cc1ncc(Cc2ccccc2Cl)nc1C. The quantitative estimate of drug-likeness (QED) is 0.794. The lowest BCUT2D eigenvalue weighted by Gasteiger charge is -2.05. The number of aromatic nitrogens is 2. The van der Waals surface area contributed by atoms with E-state index in [0.29, 0.717) is 0 Å². The minimum atomic E-state index is 0.730. The molecular weight excluding hydrogens is 220 g/mol. The summed E-state index contributed by atoms with van der Waals surface area (Å²) in [6.07, 6.45) is 2.54. The Morgan fingerprint density at radius 2 is 1.88 bits per heavy atom. The third-order valence-corrected chi connectivity index (χ3v) is 2.94. The molecule has 0 amide bonds. The van der Waals surface area contributed by atoms with E-state index in [1.165, 1.54) is 0 Å².